The van der Waals surface area contributed by atoms with Gasteiger partial charge in [0.05, 0.1) is 17.2 Å². The summed E-state index contributed by atoms with van der Waals surface area (Å²) >= 11 is 3.53. The molecular formula is C14H19BrN2O2. The van der Waals surface area contributed by atoms with Crippen molar-refractivity contribution in [1.82, 2.24) is 0 Å². The maximum absolute atomic E-state index is 11.5. The lowest BCUT2D eigenvalue weighted by Gasteiger charge is -2.24. The highest BCUT2D eigenvalue weighted by Gasteiger charge is 2.39. The van der Waals surface area contributed by atoms with Gasteiger partial charge in [0.15, 0.2) is 0 Å². The summed E-state index contributed by atoms with van der Waals surface area (Å²) in [5.74, 6) is -0.244. The van der Waals surface area contributed by atoms with Crippen molar-refractivity contribution in [3.63, 3.8) is 0 Å². The summed E-state index contributed by atoms with van der Waals surface area (Å²) in [5, 5.41) is 9.56. The van der Waals surface area contributed by atoms with Crippen LogP contribution in [0, 0.1) is 5.41 Å². The van der Waals surface area contributed by atoms with Crippen LogP contribution < -0.4 is 10.6 Å². The number of hydrogen-bond donors (Lipinski definition) is 2. The first kappa shape index (κ1) is 14.3. The normalized spacial score (nSPS) is 24.5. The molecule has 0 bridgehead atoms. The van der Waals surface area contributed by atoms with Crippen LogP contribution in [-0.2, 0) is 4.79 Å². The second kappa shape index (κ2) is 5.13. The van der Waals surface area contributed by atoms with Gasteiger partial charge in [-0.3, -0.25) is 4.79 Å². The number of hydrogen-bond acceptors (Lipinski definition) is 3. The van der Waals surface area contributed by atoms with E-state index in [1.165, 1.54) is 0 Å². The van der Waals surface area contributed by atoms with Gasteiger partial charge in [-0.1, -0.05) is 6.07 Å². The van der Waals surface area contributed by atoms with Gasteiger partial charge < -0.3 is 15.7 Å². The third-order valence-corrected chi connectivity index (χ3v) is 4.50. The van der Waals surface area contributed by atoms with Crippen LogP contribution in [0.25, 0.3) is 0 Å². The summed E-state index contributed by atoms with van der Waals surface area (Å²) in [5.41, 5.74) is 6.91. The summed E-state index contributed by atoms with van der Waals surface area (Å²) in [6.07, 6.45) is 0.284. The Labute approximate surface area is 121 Å². The van der Waals surface area contributed by atoms with Gasteiger partial charge in [-0.2, -0.15) is 0 Å². The molecule has 1 unspecified atom stereocenters. The molecule has 1 fully saturated rings. The van der Waals surface area contributed by atoms with Crippen molar-refractivity contribution in [2.75, 3.05) is 18.0 Å². The Morgan fingerprint density at radius 1 is 1.58 bits per heavy atom. The number of amides is 1. The number of nitrogens with zero attached hydrogens (tertiary/aromatic N) is 1. The number of carbonyl (C=O) groups is 1. The molecule has 1 saturated heterocycles. The van der Waals surface area contributed by atoms with E-state index in [1.807, 2.05) is 25.1 Å². The summed E-state index contributed by atoms with van der Waals surface area (Å²) in [4.78, 5) is 13.6. The van der Waals surface area contributed by atoms with Crippen LogP contribution in [0.5, 0.6) is 0 Å². The van der Waals surface area contributed by atoms with Crippen LogP contribution in [0.15, 0.2) is 22.7 Å². The quantitative estimate of drug-likeness (QED) is 0.894. The largest absolute Gasteiger partial charge is 0.389 e. The van der Waals surface area contributed by atoms with E-state index in [9.17, 15) is 9.90 Å². The number of benzene rings is 1. The molecule has 2 rings (SSSR count). The van der Waals surface area contributed by atoms with Crippen molar-refractivity contribution < 1.29 is 9.90 Å². The van der Waals surface area contributed by atoms with E-state index in [0.717, 1.165) is 28.7 Å². The van der Waals surface area contributed by atoms with Gasteiger partial charge in [-0.15, -0.1) is 0 Å². The Balaban J connectivity index is 2.23. The average Bonchev–Trinajstić information content (AvgIpc) is 2.73. The Kier molecular flexibility index (Phi) is 3.87. The van der Waals surface area contributed by atoms with E-state index in [4.69, 9.17) is 5.73 Å². The average molecular weight is 327 g/mol. The molecule has 1 aromatic carbocycles. The molecule has 1 heterocycles. The Morgan fingerprint density at radius 2 is 2.26 bits per heavy atom. The van der Waals surface area contributed by atoms with Gasteiger partial charge in [0.1, 0.15) is 0 Å². The fourth-order valence-corrected chi connectivity index (χ4v) is 3.05. The second-order valence-electron chi connectivity index (χ2n) is 5.48. The number of aliphatic hydroxyl groups is 1. The van der Waals surface area contributed by atoms with Crippen molar-refractivity contribution in [1.29, 1.82) is 0 Å². The fraction of sp³-hybridized carbons (Fsp3) is 0.500. The van der Waals surface area contributed by atoms with Gasteiger partial charge in [0, 0.05) is 17.6 Å². The molecule has 5 heteroatoms. The molecule has 0 aliphatic carbocycles. The molecule has 0 radical (unpaired) electrons. The number of halogens is 1. The molecule has 0 spiro atoms. The third-order valence-electron chi connectivity index (χ3n) is 3.86. The lowest BCUT2D eigenvalue weighted by Crippen LogP contribution is -2.37. The Morgan fingerprint density at radius 3 is 2.74 bits per heavy atom. The molecule has 0 saturated carbocycles. The van der Waals surface area contributed by atoms with E-state index in [-0.39, 0.29) is 5.91 Å². The van der Waals surface area contributed by atoms with Crippen LogP contribution in [0.2, 0.25) is 0 Å². The topological polar surface area (TPSA) is 66.6 Å². The molecule has 3 N–H and O–H groups in total. The molecular weight excluding hydrogens is 308 g/mol. The zero-order chi connectivity index (χ0) is 14.2. The molecule has 1 aliphatic heterocycles. The monoisotopic (exact) mass is 326 g/mol. The molecule has 1 amide bonds. The van der Waals surface area contributed by atoms with Crippen LogP contribution in [-0.4, -0.2) is 24.1 Å². The minimum Gasteiger partial charge on any atom is -0.389 e. The van der Waals surface area contributed by atoms with Gasteiger partial charge in [-0.25, -0.2) is 0 Å². The van der Waals surface area contributed by atoms with Gasteiger partial charge >= 0.3 is 0 Å². The van der Waals surface area contributed by atoms with E-state index in [2.05, 4.69) is 20.8 Å². The number of primary amides is 1. The zero-order valence-electron chi connectivity index (χ0n) is 11.2. The lowest BCUT2D eigenvalue weighted by molar-refractivity contribution is -0.125. The smallest absolute Gasteiger partial charge is 0.225 e. The second-order valence-corrected chi connectivity index (χ2v) is 6.34. The van der Waals surface area contributed by atoms with Crippen molar-refractivity contribution in [2.24, 2.45) is 11.1 Å². The summed E-state index contributed by atoms with van der Waals surface area (Å²) in [6, 6.07) is 5.80. The first-order chi connectivity index (χ1) is 8.83. The van der Waals surface area contributed by atoms with E-state index < -0.39 is 11.5 Å². The minimum absolute atomic E-state index is 0.244. The summed E-state index contributed by atoms with van der Waals surface area (Å²) < 4.78 is 0.930. The van der Waals surface area contributed by atoms with E-state index in [1.54, 1.807) is 6.92 Å². The highest BCUT2D eigenvalue weighted by molar-refractivity contribution is 9.10. The van der Waals surface area contributed by atoms with Crippen molar-refractivity contribution in [3.8, 4) is 0 Å². The van der Waals surface area contributed by atoms with Crippen LogP contribution in [0.3, 0.4) is 0 Å². The SMILES string of the molecule is C[C@@H](O)c1ccc(N2CCC(C)(C(N)=O)C2)c(Br)c1. The number of anilines is 1. The minimum atomic E-state index is -0.486. The molecule has 19 heavy (non-hydrogen) atoms. The van der Waals surface area contributed by atoms with E-state index in [0.29, 0.717) is 6.54 Å². The standard InChI is InChI=1S/C14H19BrN2O2/c1-9(18)10-3-4-12(11(15)7-10)17-6-5-14(2,8-17)13(16)19/h3-4,7,9,18H,5-6,8H2,1-2H3,(H2,16,19)/t9-,14?/m1/s1. The zero-order valence-corrected chi connectivity index (χ0v) is 12.8. The first-order valence-corrected chi connectivity index (χ1v) is 7.15. The van der Waals surface area contributed by atoms with Crippen molar-refractivity contribution in [3.05, 3.63) is 28.2 Å². The van der Waals surface area contributed by atoms with Crippen LogP contribution >= 0.6 is 15.9 Å². The number of rotatable bonds is 3. The Hall–Kier alpha value is -1.07. The van der Waals surface area contributed by atoms with Crippen LogP contribution in [0.1, 0.15) is 31.9 Å². The predicted octanol–water partition coefficient (Wildman–Crippen LogP) is 2.20. The van der Waals surface area contributed by atoms with Crippen molar-refractivity contribution >= 4 is 27.5 Å². The van der Waals surface area contributed by atoms with Crippen molar-refractivity contribution in [2.45, 2.75) is 26.4 Å². The number of aliphatic hydroxyl groups excluding tert-OH is 1. The van der Waals surface area contributed by atoms with Crippen LogP contribution in [0.4, 0.5) is 5.69 Å². The highest BCUT2D eigenvalue weighted by atomic mass is 79.9. The number of nitrogens with two attached hydrogens (primary N) is 1. The third kappa shape index (κ3) is 2.77. The van der Waals surface area contributed by atoms with E-state index >= 15 is 0 Å². The fourth-order valence-electron chi connectivity index (χ4n) is 2.41. The lowest BCUT2D eigenvalue weighted by atomic mass is 9.89. The molecule has 1 aliphatic rings. The molecule has 2 atom stereocenters. The molecule has 1 aromatic rings. The summed E-state index contributed by atoms with van der Waals surface area (Å²) in [7, 11) is 0. The maximum Gasteiger partial charge on any atom is 0.225 e. The molecule has 4 nitrogen and oxygen atoms in total. The number of carbonyl (C=O) groups excluding carboxylic acids is 1. The summed E-state index contributed by atoms with van der Waals surface area (Å²) in [6.45, 7) is 5.09. The van der Waals surface area contributed by atoms with Gasteiger partial charge in [0.2, 0.25) is 5.91 Å². The Bertz CT molecular complexity index is 504. The predicted molar refractivity (Wildman–Crippen MR) is 78.9 cm³/mol. The first-order valence-electron chi connectivity index (χ1n) is 6.36. The van der Waals surface area contributed by atoms with Gasteiger partial charge in [-0.05, 0) is 53.9 Å². The maximum atomic E-state index is 11.5. The van der Waals surface area contributed by atoms with Gasteiger partial charge in [0.25, 0.3) is 0 Å². The molecule has 0 aromatic heterocycles. The highest BCUT2D eigenvalue weighted by Crippen LogP contribution is 2.37. The molecule has 104 valence electrons.